The van der Waals surface area contributed by atoms with Gasteiger partial charge >= 0.3 is 0 Å². The number of ether oxygens (including phenoxy) is 2. The summed E-state index contributed by atoms with van der Waals surface area (Å²) in [4.78, 5) is 11.9. The van der Waals surface area contributed by atoms with Gasteiger partial charge in [-0.3, -0.25) is 4.79 Å². The first-order chi connectivity index (χ1) is 11.3. The molecular formula is C19H27NO3. The van der Waals surface area contributed by atoms with Gasteiger partial charge in [0.25, 0.3) is 0 Å². The second-order valence-corrected chi connectivity index (χ2v) is 6.59. The zero-order valence-electron chi connectivity index (χ0n) is 13.8. The minimum atomic E-state index is -0.0569. The van der Waals surface area contributed by atoms with Crippen molar-refractivity contribution < 1.29 is 14.3 Å². The highest BCUT2D eigenvalue weighted by Crippen LogP contribution is 2.22. The Morgan fingerprint density at radius 2 is 2.04 bits per heavy atom. The van der Waals surface area contributed by atoms with Crippen molar-refractivity contribution in [3.8, 4) is 0 Å². The Labute approximate surface area is 138 Å². The quantitative estimate of drug-likeness (QED) is 0.877. The van der Waals surface area contributed by atoms with Crippen LogP contribution >= 0.6 is 0 Å². The molecule has 126 valence electrons. The molecule has 0 radical (unpaired) electrons. The second-order valence-electron chi connectivity index (χ2n) is 6.59. The molecular weight excluding hydrogens is 290 g/mol. The van der Waals surface area contributed by atoms with Gasteiger partial charge in [0.2, 0.25) is 5.91 Å². The topological polar surface area (TPSA) is 47.6 Å². The van der Waals surface area contributed by atoms with Crippen molar-refractivity contribution in [2.45, 2.75) is 57.6 Å². The van der Waals surface area contributed by atoms with E-state index in [0.29, 0.717) is 13.2 Å². The van der Waals surface area contributed by atoms with Gasteiger partial charge in [-0.1, -0.05) is 18.2 Å². The Hall–Kier alpha value is -1.39. The normalized spacial score (nSPS) is 20.8. The third-order valence-corrected chi connectivity index (χ3v) is 4.71. The molecule has 0 aromatic heterocycles. The molecule has 4 nitrogen and oxygen atoms in total. The lowest BCUT2D eigenvalue weighted by atomic mass is 9.90. The SMILES string of the molecule is O=C(COCC1CCCCO1)NCc1ccc2c(c1)CCCC2. The minimum Gasteiger partial charge on any atom is -0.376 e. The fourth-order valence-electron chi connectivity index (χ4n) is 3.37. The number of rotatable bonds is 6. The number of amides is 1. The first-order valence-corrected chi connectivity index (χ1v) is 8.88. The Morgan fingerprint density at radius 3 is 2.87 bits per heavy atom. The Morgan fingerprint density at radius 1 is 1.17 bits per heavy atom. The van der Waals surface area contributed by atoms with Crippen LogP contribution in [0.15, 0.2) is 18.2 Å². The molecule has 1 unspecified atom stereocenters. The van der Waals surface area contributed by atoms with Crippen LogP contribution in [0.3, 0.4) is 0 Å². The highest BCUT2D eigenvalue weighted by Gasteiger charge is 2.14. The van der Waals surface area contributed by atoms with E-state index in [4.69, 9.17) is 9.47 Å². The fourth-order valence-corrected chi connectivity index (χ4v) is 3.37. The third-order valence-electron chi connectivity index (χ3n) is 4.71. The first-order valence-electron chi connectivity index (χ1n) is 8.88. The molecule has 1 amide bonds. The summed E-state index contributed by atoms with van der Waals surface area (Å²) < 4.78 is 11.1. The number of benzene rings is 1. The van der Waals surface area contributed by atoms with Gasteiger partial charge in [-0.15, -0.1) is 0 Å². The Kier molecular flexibility index (Phi) is 6.06. The van der Waals surface area contributed by atoms with Crippen LogP contribution in [0.1, 0.15) is 48.8 Å². The van der Waals surface area contributed by atoms with Crippen LogP contribution < -0.4 is 5.32 Å². The molecule has 1 fully saturated rings. The van der Waals surface area contributed by atoms with Gasteiger partial charge in [-0.25, -0.2) is 0 Å². The standard InChI is InChI=1S/C19H27NO3/c21-19(14-22-13-18-7-3-4-10-23-18)20-12-15-8-9-16-5-1-2-6-17(16)11-15/h8-9,11,18H,1-7,10,12-14H2,(H,20,21). The molecule has 1 N–H and O–H groups in total. The number of hydrogen-bond donors (Lipinski definition) is 1. The summed E-state index contributed by atoms with van der Waals surface area (Å²) in [6, 6.07) is 6.58. The summed E-state index contributed by atoms with van der Waals surface area (Å²) >= 11 is 0. The van der Waals surface area contributed by atoms with Crippen molar-refractivity contribution in [3.63, 3.8) is 0 Å². The van der Waals surface area contributed by atoms with Crippen LogP contribution in [-0.2, 0) is 33.7 Å². The zero-order valence-corrected chi connectivity index (χ0v) is 13.8. The molecule has 4 heteroatoms. The third kappa shape index (κ3) is 5.05. The average Bonchev–Trinajstić information content (AvgIpc) is 2.61. The maximum absolute atomic E-state index is 11.9. The predicted octanol–water partition coefficient (Wildman–Crippen LogP) is 2.77. The number of aryl methyl sites for hydroxylation is 2. The van der Waals surface area contributed by atoms with E-state index in [0.717, 1.165) is 19.4 Å². The fraction of sp³-hybridized carbons (Fsp3) is 0.632. The van der Waals surface area contributed by atoms with Crippen LogP contribution in [0.4, 0.5) is 0 Å². The maximum Gasteiger partial charge on any atom is 0.246 e. The molecule has 2 aliphatic rings. The highest BCUT2D eigenvalue weighted by molar-refractivity contribution is 5.77. The summed E-state index contributed by atoms with van der Waals surface area (Å²) in [5, 5.41) is 2.94. The van der Waals surface area contributed by atoms with Crippen LogP contribution in [0.25, 0.3) is 0 Å². The molecule has 1 aromatic rings. The highest BCUT2D eigenvalue weighted by atomic mass is 16.5. The molecule has 1 atom stereocenters. The van der Waals surface area contributed by atoms with E-state index in [1.807, 2.05) is 0 Å². The minimum absolute atomic E-state index is 0.0569. The lowest BCUT2D eigenvalue weighted by Gasteiger charge is -2.22. The van der Waals surface area contributed by atoms with Gasteiger partial charge in [0.15, 0.2) is 0 Å². The maximum atomic E-state index is 11.9. The van der Waals surface area contributed by atoms with E-state index >= 15 is 0 Å². The lowest BCUT2D eigenvalue weighted by Crippen LogP contribution is -2.30. The lowest BCUT2D eigenvalue weighted by molar-refractivity contribution is -0.128. The molecule has 23 heavy (non-hydrogen) atoms. The summed E-state index contributed by atoms with van der Waals surface area (Å²) in [6.07, 6.45) is 8.47. The zero-order chi connectivity index (χ0) is 15.9. The second kappa shape index (κ2) is 8.46. The summed E-state index contributed by atoms with van der Waals surface area (Å²) in [5.41, 5.74) is 4.10. The molecule has 3 rings (SSSR count). The van der Waals surface area contributed by atoms with Crippen LogP contribution in [-0.4, -0.2) is 31.8 Å². The van der Waals surface area contributed by atoms with Crippen molar-refractivity contribution >= 4 is 5.91 Å². The number of carbonyl (C=O) groups excluding carboxylic acids is 1. The van der Waals surface area contributed by atoms with Crippen LogP contribution in [0.5, 0.6) is 0 Å². The summed E-state index contributed by atoms with van der Waals surface area (Å²) in [5.74, 6) is -0.0569. The van der Waals surface area contributed by atoms with E-state index < -0.39 is 0 Å². The van der Waals surface area contributed by atoms with Crippen molar-refractivity contribution in [3.05, 3.63) is 34.9 Å². The van der Waals surface area contributed by atoms with Crippen molar-refractivity contribution in [1.82, 2.24) is 5.32 Å². The molecule has 0 saturated carbocycles. The number of nitrogens with one attached hydrogen (secondary N) is 1. The molecule has 0 spiro atoms. The Bertz CT molecular complexity index is 523. The van der Waals surface area contributed by atoms with Crippen LogP contribution in [0, 0.1) is 0 Å². The summed E-state index contributed by atoms with van der Waals surface area (Å²) in [6.45, 7) is 2.03. The van der Waals surface area contributed by atoms with Gasteiger partial charge in [0.1, 0.15) is 6.61 Å². The van der Waals surface area contributed by atoms with E-state index in [9.17, 15) is 4.79 Å². The van der Waals surface area contributed by atoms with Crippen molar-refractivity contribution in [2.75, 3.05) is 19.8 Å². The van der Waals surface area contributed by atoms with Gasteiger partial charge < -0.3 is 14.8 Å². The Balaban J connectivity index is 1.37. The number of hydrogen-bond acceptors (Lipinski definition) is 3. The van der Waals surface area contributed by atoms with E-state index in [2.05, 4.69) is 23.5 Å². The first kappa shape index (κ1) is 16.5. The molecule has 1 aliphatic heterocycles. The van der Waals surface area contributed by atoms with Crippen molar-refractivity contribution in [1.29, 1.82) is 0 Å². The monoisotopic (exact) mass is 317 g/mol. The van der Waals surface area contributed by atoms with Gasteiger partial charge in [0.05, 0.1) is 12.7 Å². The molecule has 0 bridgehead atoms. The van der Waals surface area contributed by atoms with Gasteiger partial charge in [-0.05, 0) is 61.6 Å². The van der Waals surface area contributed by atoms with E-state index in [1.165, 1.54) is 48.8 Å². The molecule has 1 aromatic carbocycles. The smallest absolute Gasteiger partial charge is 0.246 e. The largest absolute Gasteiger partial charge is 0.376 e. The van der Waals surface area contributed by atoms with E-state index in [1.54, 1.807) is 0 Å². The van der Waals surface area contributed by atoms with E-state index in [-0.39, 0.29) is 18.6 Å². The number of fused-ring (bicyclic) bond motifs is 1. The molecule has 1 aliphatic carbocycles. The van der Waals surface area contributed by atoms with Gasteiger partial charge in [-0.2, -0.15) is 0 Å². The average molecular weight is 317 g/mol. The van der Waals surface area contributed by atoms with Crippen LogP contribution in [0.2, 0.25) is 0 Å². The summed E-state index contributed by atoms with van der Waals surface area (Å²) in [7, 11) is 0. The van der Waals surface area contributed by atoms with Crippen molar-refractivity contribution in [2.24, 2.45) is 0 Å². The number of carbonyl (C=O) groups is 1. The van der Waals surface area contributed by atoms with Gasteiger partial charge in [0, 0.05) is 13.2 Å². The molecule has 1 heterocycles. The predicted molar refractivity (Wildman–Crippen MR) is 89.3 cm³/mol. The molecule has 1 saturated heterocycles.